The van der Waals surface area contributed by atoms with Gasteiger partial charge in [0.25, 0.3) is 0 Å². The van der Waals surface area contributed by atoms with Gasteiger partial charge in [0, 0.05) is 18.3 Å². The molecule has 1 atom stereocenters. The van der Waals surface area contributed by atoms with Gasteiger partial charge in [0.05, 0.1) is 0 Å². The first-order valence-electron chi connectivity index (χ1n) is 5.63. The molecule has 5 N–H and O–H groups in total. The number of carbonyl (C=O) groups excluding carboxylic acids is 3. The molecule has 0 fully saturated rings. The summed E-state index contributed by atoms with van der Waals surface area (Å²) >= 11 is 0. The van der Waals surface area contributed by atoms with Gasteiger partial charge >= 0.3 is 6.03 Å². The van der Waals surface area contributed by atoms with E-state index in [2.05, 4.69) is 16.0 Å². The molecule has 1 aromatic rings. The molecule has 0 bridgehead atoms. The molecule has 0 aliphatic carbocycles. The Morgan fingerprint density at radius 3 is 2.21 bits per heavy atom. The number of benzene rings is 1. The van der Waals surface area contributed by atoms with Crippen molar-refractivity contribution >= 4 is 23.5 Å². The second kappa shape index (κ2) is 6.39. The first kappa shape index (κ1) is 14.5. The number of nitrogens with two attached hydrogens (primary N) is 1. The van der Waals surface area contributed by atoms with Gasteiger partial charge in [-0.1, -0.05) is 0 Å². The Kier molecular flexibility index (Phi) is 4.87. The fraction of sp³-hybridized carbons (Fsp3) is 0.250. The van der Waals surface area contributed by atoms with Crippen LogP contribution in [0.5, 0.6) is 0 Å². The van der Waals surface area contributed by atoms with E-state index in [1.165, 1.54) is 7.05 Å². The van der Waals surface area contributed by atoms with Crippen molar-refractivity contribution in [3.05, 3.63) is 29.8 Å². The highest BCUT2D eigenvalue weighted by atomic mass is 16.2. The second-order valence-corrected chi connectivity index (χ2v) is 3.88. The minimum absolute atomic E-state index is 0.382. The maximum Gasteiger partial charge on any atom is 0.321 e. The van der Waals surface area contributed by atoms with Crippen LogP contribution in [0.15, 0.2) is 24.3 Å². The Labute approximate surface area is 110 Å². The van der Waals surface area contributed by atoms with E-state index in [9.17, 15) is 14.4 Å². The number of anilines is 1. The fourth-order valence-electron chi connectivity index (χ4n) is 1.33. The molecule has 102 valence electrons. The number of primary amides is 1. The van der Waals surface area contributed by atoms with Crippen molar-refractivity contribution in [3.8, 4) is 0 Å². The smallest absolute Gasteiger partial charge is 0.321 e. The van der Waals surface area contributed by atoms with Gasteiger partial charge in [0.1, 0.15) is 6.04 Å². The molecule has 0 aliphatic rings. The normalized spacial score (nSPS) is 11.3. The highest BCUT2D eigenvalue weighted by Gasteiger charge is 2.14. The third-order valence-electron chi connectivity index (χ3n) is 2.41. The molecule has 0 aliphatic heterocycles. The summed E-state index contributed by atoms with van der Waals surface area (Å²) in [5.41, 5.74) is 6.14. The molecule has 0 spiro atoms. The molecule has 7 heteroatoms. The zero-order valence-electron chi connectivity index (χ0n) is 10.7. The van der Waals surface area contributed by atoms with Crippen LogP contribution < -0.4 is 21.7 Å². The van der Waals surface area contributed by atoms with E-state index >= 15 is 0 Å². The Morgan fingerprint density at radius 2 is 1.74 bits per heavy atom. The van der Waals surface area contributed by atoms with Crippen molar-refractivity contribution in [2.45, 2.75) is 13.0 Å². The summed E-state index contributed by atoms with van der Waals surface area (Å²) in [5.74, 6) is -0.977. The molecule has 0 radical (unpaired) electrons. The molecule has 1 aromatic carbocycles. The lowest BCUT2D eigenvalue weighted by molar-refractivity contribution is -0.120. The van der Waals surface area contributed by atoms with Crippen LogP contribution >= 0.6 is 0 Å². The first-order valence-corrected chi connectivity index (χ1v) is 5.63. The number of imide groups is 1. The van der Waals surface area contributed by atoms with E-state index in [4.69, 9.17) is 5.73 Å². The van der Waals surface area contributed by atoms with Crippen LogP contribution in [-0.4, -0.2) is 30.9 Å². The van der Waals surface area contributed by atoms with E-state index in [1.807, 2.05) is 0 Å². The maximum atomic E-state index is 11.6. The third kappa shape index (κ3) is 4.30. The van der Waals surface area contributed by atoms with Gasteiger partial charge in [-0.05, 0) is 31.2 Å². The molecule has 19 heavy (non-hydrogen) atoms. The van der Waals surface area contributed by atoms with Gasteiger partial charge in [0.15, 0.2) is 0 Å². The van der Waals surface area contributed by atoms with Crippen molar-refractivity contribution in [2.24, 2.45) is 5.73 Å². The minimum Gasteiger partial charge on any atom is -0.374 e. The first-order chi connectivity index (χ1) is 8.93. The van der Waals surface area contributed by atoms with Crippen LogP contribution in [0.2, 0.25) is 0 Å². The van der Waals surface area contributed by atoms with Crippen molar-refractivity contribution in [2.75, 3.05) is 12.4 Å². The number of hydrogen-bond acceptors (Lipinski definition) is 4. The molecule has 0 heterocycles. The van der Waals surface area contributed by atoms with Crippen molar-refractivity contribution in [1.29, 1.82) is 0 Å². The van der Waals surface area contributed by atoms with Crippen LogP contribution in [0.3, 0.4) is 0 Å². The summed E-state index contributed by atoms with van der Waals surface area (Å²) in [6.45, 7) is 1.61. The van der Waals surface area contributed by atoms with Gasteiger partial charge < -0.3 is 16.4 Å². The van der Waals surface area contributed by atoms with E-state index in [0.29, 0.717) is 11.3 Å². The fourth-order valence-corrected chi connectivity index (χ4v) is 1.33. The molecule has 4 amide bonds. The van der Waals surface area contributed by atoms with Gasteiger partial charge in [-0.3, -0.25) is 14.9 Å². The predicted octanol–water partition coefficient (Wildman–Crippen LogP) is 0.0415. The second-order valence-electron chi connectivity index (χ2n) is 3.88. The largest absolute Gasteiger partial charge is 0.374 e. The zero-order chi connectivity index (χ0) is 14.4. The summed E-state index contributed by atoms with van der Waals surface area (Å²) in [6, 6.07) is 5.19. The summed E-state index contributed by atoms with van der Waals surface area (Å²) in [5, 5.41) is 7.33. The van der Waals surface area contributed by atoms with Crippen molar-refractivity contribution < 1.29 is 14.4 Å². The highest BCUT2D eigenvalue weighted by Crippen LogP contribution is 2.10. The molecule has 7 nitrogen and oxygen atoms in total. The summed E-state index contributed by atoms with van der Waals surface area (Å²) in [6.07, 6.45) is 0. The molecular formula is C12H16N4O3. The lowest BCUT2D eigenvalue weighted by Gasteiger charge is -2.14. The Hall–Kier alpha value is -2.57. The molecule has 0 saturated carbocycles. The van der Waals surface area contributed by atoms with E-state index in [0.717, 1.165) is 0 Å². The monoisotopic (exact) mass is 264 g/mol. The average Bonchev–Trinajstić information content (AvgIpc) is 2.38. The lowest BCUT2D eigenvalue weighted by Crippen LogP contribution is -2.44. The van der Waals surface area contributed by atoms with Crippen LogP contribution in [0.1, 0.15) is 17.3 Å². The summed E-state index contributed by atoms with van der Waals surface area (Å²) < 4.78 is 0. The predicted molar refractivity (Wildman–Crippen MR) is 70.6 cm³/mol. The number of nitrogens with one attached hydrogen (secondary N) is 3. The lowest BCUT2D eigenvalue weighted by atomic mass is 10.2. The molecule has 0 aromatic heterocycles. The van der Waals surface area contributed by atoms with Crippen LogP contribution in [-0.2, 0) is 4.79 Å². The Bertz CT molecular complexity index is 484. The zero-order valence-corrected chi connectivity index (χ0v) is 10.7. The van der Waals surface area contributed by atoms with Gasteiger partial charge in [0.2, 0.25) is 11.8 Å². The van der Waals surface area contributed by atoms with Crippen molar-refractivity contribution in [3.63, 3.8) is 0 Å². The van der Waals surface area contributed by atoms with Crippen LogP contribution in [0.25, 0.3) is 0 Å². The average molecular weight is 264 g/mol. The number of rotatable bonds is 4. The van der Waals surface area contributed by atoms with Gasteiger partial charge in [-0.2, -0.15) is 0 Å². The SMILES string of the molecule is CNC(=O)NC(=O)C(C)Nc1ccc(C(N)=O)cc1. The Morgan fingerprint density at radius 1 is 1.16 bits per heavy atom. The molecular weight excluding hydrogens is 248 g/mol. The van der Waals surface area contributed by atoms with Gasteiger partial charge in [-0.15, -0.1) is 0 Å². The maximum absolute atomic E-state index is 11.6. The van der Waals surface area contributed by atoms with E-state index in [-0.39, 0.29) is 0 Å². The standard InChI is InChI=1S/C12H16N4O3/c1-7(11(18)16-12(19)14-2)15-9-5-3-8(4-6-9)10(13)17/h3-7,15H,1-2H3,(H2,13,17)(H2,14,16,18,19). The molecule has 0 saturated heterocycles. The third-order valence-corrected chi connectivity index (χ3v) is 2.41. The summed E-state index contributed by atoms with van der Waals surface area (Å²) in [7, 11) is 1.42. The minimum atomic E-state index is -0.600. The molecule has 1 rings (SSSR count). The van der Waals surface area contributed by atoms with Crippen molar-refractivity contribution in [1.82, 2.24) is 10.6 Å². The van der Waals surface area contributed by atoms with Gasteiger partial charge in [-0.25, -0.2) is 4.79 Å². The number of amides is 4. The van der Waals surface area contributed by atoms with E-state index in [1.54, 1.807) is 31.2 Å². The highest BCUT2D eigenvalue weighted by molar-refractivity contribution is 5.98. The number of carbonyl (C=O) groups is 3. The number of hydrogen-bond donors (Lipinski definition) is 4. The topological polar surface area (TPSA) is 113 Å². The number of urea groups is 1. The van der Waals surface area contributed by atoms with Crippen LogP contribution in [0.4, 0.5) is 10.5 Å². The molecule has 1 unspecified atom stereocenters. The Balaban J connectivity index is 2.61. The van der Waals surface area contributed by atoms with Crippen LogP contribution in [0, 0.1) is 0 Å². The summed E-state index contributed by atoms with van der Waals surface area (Å²) in [4.78, 5) is 33.5. The quantitative estimate of drug-likeness (QED) is 0.615. The van der Waals surface area contributed by atoms with E-state index < -0.39 is 23.9 Å².